The Hall–Kier alpha value is -2.89. The molecule has 0 spiro atoms. The number of nitrogens with one attached hydrogen (secondary N) is 1. The van der Waals surface area contributed by atoms with Gasteiger partial charge < -0.3 is 25.4 Å². The lowest BCUT2D eigenvalue weighted by Crippen LogP contribution is -2.42. The number of methoxy groups -OCH3 is 2. The first-order valence-corrected chi connectivity index (χ1v) is 9.15. The summed E-state index contributed by atoms with van der Waals surface area (Å²) in [6, 6.07) is 11.5. The fourth-order valence-electron chi connectivity index (χ4n) is 3.39. The number of carbonyl (C=O) groups is 1. The molecule has 0 radical (unpaired) electrons. The van der Waals surface area contributed by atoms with Crippen molar-refractivity contribution in [2.75, 3.05) is 38.4 Å². The van der Waals surface area contributed by atoms with Crippen molar-refractivity contribution in [2.45, 2.75) is 25.8 Å². The highest BCUT2D eigenvalue weighted by atomic mass is 16.5. The van der Waals surface area contributed by atoms with Gasteiger partial charge in [0.1, 0.15) is 11.5 Å². The summed E-state index contributed by atoms with van der Waals surface area (Å²) in [5.41, 5.74) is 9.08. The third-order valence-corrected chi connectivity index (χ3v) is 5.00. The van der Waals surface area contributed by atoms with E-state index in [1.54, 1.807) is 20.3 Å². The van der Waals surface area contributed by atoms with Gasteiger partial charge in [0.15, 0.2) is 0 Å². The van der Waals surface area contributed by atoms with Gasteiger partial charge in [0.2, 0.25) is 0 Å². The summed E-state index contributed by atoms with van der Waals surface area (Å²) >= 11 is 0. The number of ether oxygens (including phenoxy) is 2. The van der Waals surface area contributed by atoms with Crippen LogP contribution in [0.2, 0.25) is 0 Å². The molecule has 1 aliphatic rings. The second kappa shape index (κ2) is 8.20. The number of rotatable bonds is 5. The van der Waals surface area contributed by atoms with Crippen molar-refractivity contribution in [3.05, 3.63) is 47.5 Å². The molecule has 2 aromatic rings. The van der Waals surface area contributed by atoms with E-state index in [0.717, 1.165) is 35.6 Å². The summed E-state index contributed by atoms with van der Waals surface area (Å²) in [6.07, 6.45) is 1.76. The van der Waals surface area contributed by atoms with Gasteiger partial charge in [0.05, 0.1) is 14.2 Å². The lowest BCUT2D eigenvalue weighted by atomic mass is 10.0. The highest BCUT2D eigenvalue weighted by Crippen LogP contribution is 2.28. The van der Waals surface area contributed by atoms with Gasteiger partial charge in [-0.15, -0.1) is 0 Å². The molecule has 1 aliphatic heterocycles. The Morgan fingerprint density at radius 3 is 2.30 bits per heavy atom. The molecule has 6 heteroatoms. The van der Waals surface area contributed by atoms with E-state index in [4.69, 9.17) is 15.2 Å². The lowest BCUT2D eigenvalue weighted by molar-refractivity contribution is 0.0718. The molecule has 6 nitrogen and oxygen atoms in total. The molecule has 0 aromatic heterocycles. The number of aryl methyl sites for hydroxylation is 1. The molecule has 0 aliphatic carbocycles. The van der Waals surface area contributed by atoms with Crippen molar-refractivity contribution in [1.82, 2.24) is 4.90 Å². The summed E-state index contributed by atoms with van der Waals surface area (Å²) in [5, 5.41) is 3.53. The van der Waals surface area contributed by atoms with Crippen LogP contribution in [0.3, 0.4) is 0 Å². The maximum Gasteiger partial charge on any atom is 0.254 e. The summed E-state index contributed by atoms with van der Waals surface area (Å²) in [6.45, 7) is 3.37. The molecule has 0 unspecified atom stereocenters. The van der Waals surface area contributed by atoms with E-state index in [1.807, 2.05) is 42.2 Å². The van der Waals surface area contributed by atoms with Crippen LogP contribution in [0.5, 0.6) is 11.5 Å². The highest BCUT2D eigenvalue weighted by molar-refractivity contribution is 5.96. The van der Waals surface area contributed by atoms with E-state index in [0.29, 0.717) is 30.4 Å². The monoisotopic (exact) mass is 369 g/mol. The number of carbonyl (C=O) groups excluding carboxylic acids is 1. The van der Waals surface area contributed by atoms with Gasteiger partial charge >= 0.3 is 0 Å². The first-order chi connectivity index (χ1) is 13.0. The predicted molar refractivity (Wildman–Crippen MR) is 108 cm³/mol. The zero-order valence-electron chi connectivity index (χ0n) is 16.1. The van der Waals surface area contributed by atoms with Gasteiger partial charge in [-0.25, -0.2) is 0 Å². The van der Waals surface area contributed by atoms with Crippen molar-refractivity contribution in [1.29, 1.82) is 0 Å². The van der Waals surface area contributed by atoms with Gasteiger partial charge in [-0.1, -0.05) is 6.07 Å². The van der Waals surface area contributed by atoms with Crippen LogP contribution in [-0.2, 0) is 0 Å². The number of anilines is 2. The molecule has 1 amide bonds. The van der Waals surface area contributed by atoms with Crippen LogP contribution in [0.4, 0.5) is 11.4 Å². The average Bonchev–Trinajstić information content (AvgIpc) is 2.69. The zero-order valence-corrected chi connectivity index (χ0v) is 16.1. The third kappa shape index (κ3) is 4.45. The van der Waals surface area contributed by atoms with Crippen LogP contribution in [0.1, 0.15) is 28.8 Å². The van der Waals surface area contributed by atoms with Crippen LogP contribution in [-0.4, -0.2) is 44.2 Å². The van der Waals surface area contributed by atoms with E-state index in [9.17, 15) is 4.79 Å². The molecule has 1 saturated heterocycles. The Morgan fingerprint density at radius 1 is 1.07 bits per heavy atom. The van der Waals surface area contributed by atoms with Crippen LogP contribution in [0.25, 0.3) is 0 Å². The number of amides is 1. The minimum absolute atomic E-state index is 0.0568. The van der Waals surface area contributed by atoms with E-state index in [2.05, 4.69) is 5.32 Å². The van der Waals surface area contributed by atoms with Crippen LogP contribution in [0.15, 0.2) is 36.4 Å². The number of nitrogens with zero attached hydrogens (tertiary/aromatic N) is 1. The van der Waals surface area contributed by atoms with Gasteiger partial charge in [0, 0.05) is 54.3 Å². The fraction of sp³-hybridized carbons (Fsp3) is 0.381. The molecular weight excluding hydrogens is 342 g/mol. The van der Waals surface area contributed by atoms with Gasteiger partial charge in [-0.05, 0) is 37.5 Å². The zero-order chi connectivity index (χ0) is 19.4. The van der Waals surface area contributed by atoms with Crippen molar-refractivity contribution >= 4 is 17.3 Å². The maximum atomic E-state index is 12.8. The van der Waals surface area contributed by atoms with E-state index in [-0.39, 0.29) is 5.91 Å². The highest BCUT2D eigenvalue weighted by Gasteiger charge is 2.24. The summed E-state index contributed by atoms with van der Waals surface area (Å²) in [5.74, 6) is 1.56. The third-order valence-electron chi connectivity index (χ3n) is 5.00. The minimum Gasteiger partial charge on any atom is -0.497 e. The Kier molecular flexibility index (Phi) is 5.74. The maximum absolute atomic E-state index is 12.8. The number of nitrogen functional groups attached to an aromatic ring is 1. The molecule has 0 atom stereocenters. The standard InChI is InChI=1S/C21H27N3O3/c1-14-4-5-15(22)10-20(14)21(25)24-8-6-16(7-9-24)23-17-11-18(26-2)13-19(12-17)27-3/h4-5,10-13,16,23H,6-9,22H2,1-3H3. The number of nitrogens with two attached hydrogens (primary N) is 1. The fourth-order valence-corrected chi connectivity index (χ4v) is 3.39. The first kappa shape index (κ1) is 18.9. The predicted octanol–water partition coefficient (Wildman–Crippen LogP) is 3.31. The molecule has 3 N–H and O–H groups in total. The molecular formula is C21H27N3O3. The largest absolute Gasteiger partial charge is 0.497 e. The number of piperidine rings is 1. The molecule has 27 heavy (non-hydrogen) atoms. The normalized spacial score (nSPS) is 14.7. The Bertz CT molecular complexity index is 792. The number of hydrogen-bond donors (Lipinski definition) is 2. The van der Waals surface area contributed by atoms with Crippen molar-refractivity contribution in [2.24, 2.45) is 0 Å². The number of likely N-dealkylation sites (tertiary alicyclic amines) is 1. The second-order valence-corrected chi connectivity index (χ2v) is 6.89. The van der Waals surface area contributed by atoms with Crippen molar-refractivity contribution in [3.8, 4) is 11.5 Å². The SMILES string of the molecule is COc1cc(NC2CCN(C(=O)c3cc(N)ccc3C)CC2)cc(OC)c1. The quantitative estimate of drug-likeness (QED) is 0.791. The molecule has 0 saturated carbocycles. The summed E-state index contributed by atoms with van der Waals surface area (Å²) in [7, 11) is 3.28. The van der Waals surface area contributed by atoms with Crippen LogP contribution in [0, 0.1) is 6.92 Å². The second-order valence-electron chi connectivity index (χ2n) is 6.89. The van der Waals surface area contributed by atoms with E-state index >= 15 is 0 Å². The number of hydrogen-bond acceptors (Lipinski definition) is 5. The van der Waals surface area contributed by atoms with Crippen LogP contribution < -0.4 is 20.5 Å². The smallest absolute Gasteiger partial charge is 0.254 e. The molecule has 1 fully saturated rings. The lowest BCUT2D eigenvalue weighted by Gasteiger charge is -2.33. The van der Waals surface area contributed by atoms with E-state index in [1.165, 1.54) is 0 Å². The summed E-state index contributed by atoms with van der Waals surface area (Å²) < 4.78 is 10.6. The first-order valence-electron chi connectivity index (χ1n) is 9.15. The van der Waals surface area contributed by atoms with Crippen molar-refractivity contribution < 1.29 is 14.3 Å². The Morgan fingerprint density at radius 2 is 1.70 bits per heavy atom. The Balaban J connectivity index is 1.62. The van der Waals surface area contributed by atoms with Crippen molar-refractivity contribution in [3.63, 3.8) is 0 Å². The topological polar surface area (TPSA) is 76.8 Å². The van der Waals surface area contributed by atoms with Crippen LogP contribution >= 0.6 is 0 Å². The molecule has 3 rings (SSSR count). The van der Waals surface area contributed by atoms with Gasteiger partial charge in [-0.3, -0.25) is 4.79 Å². The van der Waals surface area contributed by atoms with Gasteiger partial charge in [-0.2, -0.15) is 0 Å². The van der Waals surface area contributed by atoms with Gasteiger partial charge in [0.25, 0.3) is 5.91 Å². The summed E-state index contributed by atoms with van der Waals surface area (Å²) in [4.78, 5) is 14.7. The molecule has 2 aromatic carbocycles. The molecule has 1 heterocycles. The molecule has 0 bridgehead atoms. The van der Waals surface area contributed by atoms with E-state index < -0.39 is 0 Å². The number of benzene rings is 2. The minimum atomic E-state index is 0.0568. The Labute approximate surface area is 160 Å². The average molecular weight is 369 g/mol. The molecule has 144 valence electrons.